The lowest BCUT2D eigenvalue weighted by Crippen LogP contribution is -1.76. The van der Waals surface area contributed by atoms with Crippen molar-refractivity contribution < 1.29 is 5.11 Å². The maximum absolute atomic E-state index is 8.32. The fourth-order valence-corrected chi connectivity index (χ4v) is 1.18. The monoisotopic (exact) mass is 127 g/mol. The van der Waals surface area contributed by atoms with E-state index in [0.29, 0.717) is 6.42 Å². The first kappa shape index (κ1) is 5.79. The molecule has 1 aromatic heterocycles. The van der Waals surface area contributed by atoms with Crippen molar-refractivity contribution in [1.82, 2.24) is 0 Å². The normalized spacial score (nSPS) is 9.62. The molecule has 0 amide bonds. The molecule has 8 heavy (non-hydrogen) atoms. The third-order valence-corrected chi connectivity index (χ3v) is 1.77. The van der Waals surface area contributed by atoms with Crippen LogP contribution in [0.25, 0.3) is 0 Å². The van der Waals surface area contributed by atoms with E-state index >= 15 is 0 Å². The fraction of sp³-hybridized carbons (Fsp3) is 0.167. The molecule has 0 fully saturated rings. The molecule has 1 aromatic rings. The van der Waals surface area contributed by atoms with E-state index in [1.165, 1.54) is 11.5 Å². The van der Waals surface area contributed by atoms with E-state index in [9.17, 15) is 0 Å². The lowest BCUT2D eigenvalue weighted by molar-refractivity contribution is 0.386. The number of aliphatic hydroxyl groups is 1. The third kappa shape index (κ3) is 1.32. The van der Waals surface area contributed by atoms with Gasteiger partial charge < -0.3 is 5.11 Å². The lowest BCUT2D eigenvalue weighted by atomic mass is 10.4. The second kappa shape index (κ2) is 2.84. The van der Waals surface area contributed by atoms with Crippen molar-refractivity contribution in [3.63, 3.8) is 0 Å². The molecule has 0 aliphatic rings. The Bertz CT molecular complexity index is 134. The van der Waals surface area contributed by atoms with Crippen LogP contribution >= 0.6 is 11.3 Å². The molecule has 0 aliphatic heterocycles. The van der Waals surface area contributed by atoms with Gasteiger partial charge in [-0.2, -0.15) is 0 Å². The van der Waals surface area contributed by atoms with Crippen molar-refractivity contribution in [3.05, 3.63) is 29.0 Å². The Hall–Kier alpha value is -0.340. The Labute approximate surface area is 52.6 Å². The standard InChI is InChI=1S/C6H7OS/c7-4-3-6-2-1-5-8-6/h1-2,4-5,7H,3H2. The zero-order valence-electron chi connectivity index (χ0n) is 4.37. The van der Waals surface area contributed by atoms with Crippen LogP contribution in [0.2, 0.25) is 0 Å². The van der Waals surface area contributed by atoms with Gasteiger partial charge in [0.2, 0.25) is 0 Å². The van der Waals surface area contributed by atoms with E-state index in [4.69, 9.17) is 5.11 Å². The van der Waals surface area contributed by atoms with Gasteiger partial charge in [0.1, 0.15) is 0 Å². The molecule has 0 aliphatic carbocycles. The Balaban J connectivity index is 2.50. The first-order chi connectivity index (χ1) is 3.93. The highest BCUT2D eigenvalue weighted by atomic mass is 32.1. The van der Waals surface area contributed by atoms with Crippen LogP contribution in [0.1, 0.15) is 4.88 Å². The van der Waals surface area contributed by atoms with Crippen LogP contribution in [0.15, 0.2) is 17.5 Å². The predicted octanol–water partition coefficient (Wildman–Crippen LogP) is 1.82. The Morgan fingerprint density at radius 1 is 1.75 bits per heavy atom. The molecule has 0 aromatic carbocycles. The third-order valence-electron chi connectivity index (χ3n) is 0.873. The van der Waals surface area contributed by atoms with Crippen LogP contribution in [-0.4, -0.2) is 5.11 Å². The first-order valence-electron chi connectivity index (χ1n) is 2.42. The van der Waals surface area contributed by atoms with E-state index in [2.05, 4.69) is 0 Å². The van der Waals surface area contributed by atoms with Gasteiger partial charge >= 0.3 is 0 Å². The van der Waals surface area contributed by atoms with Crippen LogP contribution in [0.4, 0.5) is 0 Å². The molecule has 1 N–H and O–H groups in total. The molecule has 1 nitrogen and oxygen atoms in total. The smallest absolute Gasteiger partial charge is 0.0850 e. The summed E-state index contributed by atoms with van der Waals surface area (Å²) in [4.78, 5) is 1.20. The summed E-state index contributed by atoms with van der Waals surface area (Å²) in [6.07, 6.45) is 0.678. The second-order valence-corrected chi connectivity index (χ2v) is 2.50. The highest BCUT2D eigenvalue weighted by molar-refractivity contribution is 7.09. The summed E-state index contributed by atoms with van der Waals surface area (Å²) >= 11 is 1.66. The van der Waals surface area contributed by atoms with E-state index in [1.54, 1.807) is 11.3 Å². The molecule has 0 saturated heterocycles. The average molecular weight is 127 g/mol. The van der Waals surface area contributed by atoms with Gasteiger partial charge in [0, 0.05) is 11.3 Å². The van der Waals surface area contributed by atoms with E-state index in [-0.39, 0.29) is 0 Å². The van der Waals surface area contributed by atoms with Crippen LogP contribution in [0, 0.1) is 6.61 Å². The maximum Gasteiger partial charge on any atom is 0.0850 e. The topological polar surface area (TPSA) is 20.2 Å². The SMILES string of the molecule is O[CH]Cc1cccs1. The van der Waals surface area contributed by atoms with Crippen molar-refractivity contribution in [3.8, 4) is 0 Å². The van der Waals surface area contributed by atoms with E-state index in [0.717, 1.165) is 0 Å². The molecule has 0 atom stereocenters. The van der Waals surface area contributed by atoms with Gasteiger partial charge in [-0.15, -0.1) is 11.3 Å². The van der Waals surface area contributed by atoms with Gasteiger partial charge in [-0.3, -0.25) is 0 Å². The highest BCUT2D eigenvalue weighted by Crippen LogP contribution is 2.08. The Kier molecular flexibility index (Phi) is 2.06. The zero-order chi connectivity index (χ0) is 5.82. The summed E-state index contributed by atoms with van der Waals surface area (Å²) in [7, 11) is 0. The fourth-order valence-electron chi connectivity index (χ4n) is 0.519. The highest BCUT2D eigenvalue weighted by Gasteiger charge is 1.88. The van der Waals surface area contributed by atoms with Crippen LogP contribution in [0.3, 0.4) is 0 Å². The summed E-state index contributed by atoms with van der Waals surface area (Å²) in [6.45, 7) is 1.17. The lowest BCUT2D eigenvalue weighted by Gasteiger charge is -1.84. The minimum atomic E-state index is 0.678. The van der Waals surface area contributed by atoms with Crippen LogP contribution in [-0.2, 0) is 6.42 Å². The molecule has 2 heteroatoms. The summed E-state index contributed by atoms with van der Waals surface area (Å²) in [5, 5.41) is 10.3. The van der Waals surface area contributed by atoms with E-state index in [1.807, 2.05) is 17.5 Å². The van der Waals surface area contributed by atoms with Gasteiger partial charge in [0.15, 0.2) is 0 Å². The van der Waals surface area contributed by atoms with Crippen molar-refractivity contribution in [2.24, 2.45) is 0 Å². The minimum absolute atomic E-state index is 0.678. The molecule has 1 radical (unpaired) electrons. The van der Waals surface area contributed by atoms with Crippen molar-refractivity contribution in [1.29, 1.82) is 0 Å². The Morgan fingerprint density at radius 3 is 3.12 bits per heavy atom. The van der Waals surface area contributed by atoms with Gasteiger partial charge in [-0.05, 0) is 11.4 Å². The molecule has 43 valence electrons. The van der Waals surface area contributed by atoms with Crippen molar-refractivity contribution >= 4 is 11.3 Å². The minimum Gasteiger partial charge on any atom is -0.390 e. The molecule has 1 heterocycles. The second-order valence-electron chi connectivity index (χ2n) is 1.47. The van der Waals surface area contributed by atoms with Gasteiger partial charge in [-0.25, -0.2) is 0 Å². The number of hydrogen-bond donors (Lipinski definition) is 1. The molecule has 0 saturated carbocycles. The summed E-state index contributed by atoms with van der Waals surface area (Å²) in [5.74, 6) is 0. The summed E-state index contributed by atoms with van der Waals surface area (Å²) in [5.41, 5.74) is 0. The van der Waals surface area contributed by atoms with Gasteiger partial charge in [-0.1, -0.05) is 6.07 Å². The van der Waals surface area contributed by atoms with Gasteiger partial charge in [0.25, 0.3) is 0 Å². The van der Waals surface area contributed by atoms with Crippen molar-refractivity contribution in [2.75, 3.05) is 0 Å². The first-order valence-corrected chi connectivity index (χ1v) is 3.29. The van der Waals surface area contributed by atoms with Crippen molar-refractivity contribution in [2.45, 2.75) is 6.42 Å². The average Bonchev–Trinajstić information content (AvgIpc) is 2.19. The summed E-state index contributed by atoms with van der Waals surface area (Å²) in [6, 6.07) is 3.97. The quantitative estimate of drug-likeness (QED) is 0.642. The van der Waals surface area contributed by atoms with E-state index < -0.39 is 0 Å². The number of hydrogen-bond acceptors (Lipinski definition) is 2. The number of rotatable bonds is 2. The molecule has 0 bridgehead atoms. The zero-order valence-corrected chi connectivity index (χ0v) is 5.19. The van der Waals surface area contributed by atoms with Gasteiger partial charge in [0.05, 0.1) is 6.61 Å². The predicted molar refractivity (Wildman–Crippen MR) is 34.3 cm³/mol. The molecular weight excluding hydrogens is 120 g/mol. The molecule has 1 rings (SSSR count). The molecule has 0 spiro atoms. The number of aliphatic hydroxyl groups excluding tert-OH is 1. The number of thiophene rings is 1. The Morgan fingerprint density at radius 2 is 2.62 bits per heavy atom. The van der Waals surface area contributed by atoms with Crippen LogP contribution < -0.4 is 0 Å². The molecular formula is C6H7OS. The van der Waals surface area contributed by atoms with Crippen LogP contribution in [0.5, 0.6) is 0 Å². The molecule has 0 unspecified atom stereocenters. The largest absolute Gasteiger partial charge is 0.390 e. The summed E-state index contributed by atoms with van der Waals surface area (Å²) < 4.78 is 0. The maximum atomic E-state index is 8.32.